The normalized spacial score (nSPS) is 10.7. The number of aromatic nitrogens is 4. The van der Waals surface area contributed by atoms with Gasteiger partial charge in [-0.1, -0.05) is 0 Å². The summed E-state index contributed by atoms with van der Waals surface area (Å²) in [5, 5.41) is 7.42. The molecular weight excluding hydrogens is 218 g/mol. The van der Waals surface area contributed by atoms with Crippen LogP contribution in [0.1, 0.15) is 6.42 Å². The van der Waals surface area contributed by atoms with Gasteiger partial charge in [-0.3, -0.25) is 9.25 Å². The molecule has 0 radical (unpaired) electrons. The number of nitrogens with one attached hydrogen (secondary N) is 1. The third kappa shape index (κ3) is 2.65. The quantitative estimate of drug-likeness (QED) is 0.760. The van der Waals surface area contributed by atoms with E-state index in [0.29, 0.717) is 0 Å². The summed E-state index contributed by atoms with van der Waals surface area (Å²) in [6, 6.07) is 1.95. The molecule has 0 atom stereocenters. The van der Waals surface area contributed by atoms with Gasteiger partial charge in [-0.15, -0.1) is 0 Å². The Balaban J connectivity index is 2.05. The highest BCUT2D eigenvalue weighted by molar-refractivity contribution is 5.36. The zero-order valence-corrected chi connectivity index (χ0v) is 10.1. The maximum atomic E-state index is 5.00. The minimum atomic E-state index is 0.749. The Hall–Kier alpha value is -1.82. The molecule has 0 fully saturated rings. The first-order chi connectivity index (χ1) is 8.33. The summed E-state index contributed by atoms with van der Waals surface area (Å²) in [5.74, 6) is 1.81. The molecule has 0 aliphatic heterocycles. The summed E-state index contributed by atoms with van der Waals surface area (Å²) in [4.78, 5) is 4.28. The number of hydrogen-bond acceptors (Lipinski definition) is 4. The van der Waals surface area contributed by atoms with Crippen LogP contribution >= 0.6 is 0 Å². The van der Waals surface area contributed by atoms with Gasteiger partial charge in [0.2, 0.25) is 5.95 Å². The number of nitrogens with zero attached hydrogens (tertiary/aromatic N) is 4. The van der Waals surface area contributed by atoms with E-state index in [4.69, 9.17) is 4.74 Å². The van der Waals surface area contributed by atoms with Gasteiger partial charge in [0.15, 0.2) is 0 Å². The smallest absolute Gasteiger partial charge is 0.208 e. The summed E-state index contributed by atoms with van der Waals surface area (Å²) in [7, 11) is 3.61. The van der Waals surface area contributed by atoms with Crippen molar-refractivity contribution in [3.63, 3.8) is 0 Å². The summed E-state index contributed by atoms with van der Waals surface area (Å²) in [5.41, 5.74) is 0. The Morgan fingerprint density at radius 3 is 3.00 bits per heavy atom. The fourth-order valence-corrected chi connectivity index (χ4v) is 1.64. The van der Waals surface area contributed by atoms with E-state index in [2.05, 4.69) is 15.4 Å². The number of aryl methyl sites for hydroxylation is 1. The molecule has 0 saturated carbocycles. The van der Waals surface area contributed by atoms with Gasteiger partial charge in [0.1, 0.15) is 5.82 Å². The fraction of sp³-hybridized carbons (Fsp3) is 0.455. The van der Waals surface area contributed by atoms with Gasteiger partial charge in [0.25, 0.3) is 0 Å². The van der Waals surface area contributed by atoms with Crippen LogP contribution in [-0.2, 0) is 11.8 Å². The van der Waals surface area contributed by atoms with Gasteiger partial charge in [0.05, 0.1) is 6.20 Å². The Labute approximate surface area is 100 Å². The molecule has 0 amide bonds. The molecule has 0 aromatic carbocycles. The number of ether oxygens (including phenoxy) is 1. The van der Waals surface area contributed by atoms with Gasteiger partial charge in [0, 0.05) is 45.8 Å². The zero-order chi connectivity index (χ0) is 12.1. The third-order valence-electron chi connectivity index (χ3n) is 2.49. The van der Waals surface area contributed by atoms with Crippen LogP contribution in [0.3, 0.4) is 0 Å². The predicted octanol–water partition coefficient (Wildman–Crippen LogP) is 1.05. The molecule has 2 aromatic rings. The zero-order valence-electron chi connectivity index (χ0n) is 10.1. The van der Waals surface area contributed by atoms with E-state index >= 15 is 0 Å². The van der Waals surface area contributed by atoms with Crippen LogP contribution in [0.15, 0.2) is 24.7 Å². The Kier molecular flexibility index (Phi) is 3.77. The van der Waals surface area contributed by atoms with E-state index in [1.807, 2.05) is 28.6 Å². The average molecular weight is 235 g/mol. The molecule has 6 heteroatoms. The van der Waals surface area contributed by atoms with Gasteiger partial charge in [-0.05, 0) is 6.42 Å². The van der Waals surface area contributed by atoms with Gasteiger partial charge < -0.3 is 10.1 Å². The van der Waals surface area contributed by atoms with Crippen LogP contribution in [0.25, 0.3) is 5.82 Å². The van der Waals surface area contributed by atoms with Crippen molar-refractivity contribution >= 4 is 5.95 Å². The maximum absolute atomic E-state index is 5.00. The Morgan fingerprint density at radius 1 is 1.41 bits per heavy atom. The number of imidazole rings is 1. The molecule has 2 heterocycles. The molecular formula is C11H17N5O. The lowest BCUT2D eigenvalue weighted by atomic mass is 10.4. The van der Waals surface area contributed by atoms with Crippen molar-refractivity contribution in [3.8, 4) is 5.82 Å². The van der Waals surface area contributed by atoms with Gasteiger partial charge in [-0.25, -0.2) is 4.98 Å². The molecule has 0 unspecified atom stereocenters. The fourth-order valence-electron chi connectivity index (χ4n) is 1.64. The summed E-state index contributed by atoms with van der Waals surface area (Å²) in [6.45, 7) is 1.59. The minimum Gasteiger partial charge on any atom is -0.385 e. The van der Waals surface area contributed by atoms with Crippen LogP contribution in [0.2, 0.25) is 0 Å². The predicted molar refractivity (Wildman–Crippen MR) is 65.3 cm³/mol. The number of methoxy groups -OCH3 is 1. The van der Waals surface area contributed by atoms with Gasteiger partial charge >= 0.3 is 0 Å². The topological polar surface area (TPSA) is 56.9 Å². The Bertz CT molecular complexity index is 462. The van der Waals surface area contributed by atoms with E-state index in [1.165, 1.54) is 0 Å². The summed E-state index contributed by atoms with van der Waals surface area (Å²) >= 11 is 0. The van der Waals surface area contributed by atoms with Crippen molar-refractivity contribution in [2.45, 2.75) is 6.42 Å². The first kappa shape index (κ1) is 11.7. The highest BCUT2D eigenvalue weighted by Gasteiger charge is 2.06. The Morgan fingerprint density at radius 2 is 2.29 bits per heavy atom. The number of rotatable bonds is 6. The molecule has 0 saturated heterocycles. The van der Waals surface area contributed by atoms with Crippen LogP contribution < -0.4 is 5.32 Å². The molecule has 2 aromatic heterocycles. The molecule has 17 heavy (non-hydrogen) atoms. The molecule has 0 aliphatic rings. The number of anilines is 1. The second kappa shape index (κ2) is 5.49. The average Bonchev–Trinajstić information content (AvgIpc) is 2.93. The lowest BCUT2D eigenvalue weighted by Crippen LogP contribution is -2.11. The lowest BCUT2D eigenvalue weighted by Gasteiger charge is -2.09. The van der Waals surface area contributed by atoms with Crippen LogP contribution in [0.5, 0.6) is 0 Å². The molecule has 1 N–H and O–H groups in total. The molecule has 0 spiro atoms. The largest absolute Gasteiger partial charge is 0.385 e. The standard InChI is InChI=1S/C11H17N5O/c1-15-10(4-6-14-15)16-8-7-13-11(16)12-5-3-9-17-2/h4,6-8H,3,5,9H2,1-2H3,(H,12,13). The summed E-state index contributed by atoms with van der Waals surface area (Å²) < 4.78 is 8.78. The van der Waals surface area contributed by atoms with Crippen molar-refractivity contribution in [1.29, 1.82) is 0 Å². The molecule has 6 nitrogen and oxygen atoms in total. The van der Waals surface area contributed by atoms with Crippen LogP contribution in [0.4, 0.5) is 5.95 Å². The van der Waals surface area contributed by atoms with E-state index in [-0.39, 0.29) is 0 Å². The van der Waals surface area contributed by atoms with Crippen molar-refractivity contribution in [2.24, 2.45) is 7.05 Å². The highest BCUT2D eigenvalue weighted by Crippen LogP contribution is 2.12. The van der Waals surface area contributed by atoms with E-state index in [1.54, 1.807) is 19.5 Å². The van der Waals surface area contributed by atoms with E-state index < -0.39 is 0 Å². The van der Waals surface area contributed by atoms with Crippen LogP contribution in [-0.4, -0.2) is 39.6 Å². The van der Waals surface area contributed by atoms with E-state index in [9.17, 15) is 0 Å². The highest BCUT2D eigenvalue weighted by atomic mass is 16.5. The monoisotopic (exact) mass is 235 g/mol. The third-order valence-corrected chi connectivity index (χ3v) is 2.49. The molecule has 0 bridgehead atoms. The van der Waals surface area contributed by atoms with Crippen molar-refractivity contribution in [2.75, 3.05) is 25.6 Å². The minimum absolute atomic E-state index is 0.749. The maximum Gasteiger partial charge on any atom is 0.208 e. The first-order valence-corrected chi connectivity index (χ1v) is 5.57. The second-order valence-corrected chi connectivity index (χ2v) is 3.71. The van der Waals surface area contributed by atoms with Gasteiger partial charge in [-0.2, -0.15) is 5.10 Å². The van der Waals surface area contributed by atoms with Crippen molar-refractivity contribution < 1.29 is 4.74 Å². The lowest BCUT2D eigenvalue weighted by molar-refractivity contribution is 0.197. The molecule has 2 rings (SSSR count). The second-order valence-electron chi connectivity index (χ2n) is 3.71. The van der Waals surface area contributed by atoms with Crippen LogP contribution in [0, 0.1) is 0 Å². The van der Waals surface area contributed by atoms with Crippen molar-refractivity contribution in [1.82, 2.24) is 19.3 Å². The first-order valence-electron chi connectivity index (χ1n) is 5.57. The SMILES string of the molecule is COCCCNc1nccn1-c1ccnn1C. The molecule has 92 valence electrons. The molecule has 0 aliphatic carbocycles. The summed E-state index contributed by atoms with van der Waals surface area (Å²) in [6.07, 6.45) is 6.40. The van der Waals surface area contributed by atoms with Crippen molar-refractivity contribution in [3.05, 3.63) is 24.7 Å². The number of hydrogen-bond donors (Lipinski definition) is 1. The van der Waals surface area contributed by atoms with E-state index in [0.717, 1.165) is 31.3 Å².